The van der Waals surface area contributed by atoms with Crippen molar-refractivity contribution < 1.29 is 14.5 Å². The summed E-state index contributed by atoms with van der Waals surface area (Å²) in [4.78, 5) is 22.0. The lowest BCUT2D eigenvalue weighted by molar-refractivity contribution is -0.384. The van der Waals surface area contributed by atoms with Gasteiger partial charge in [-0.3, -0.25) is 10.1 Å². The van der Waals surface area contributed by atoms with E-state index < -0.39 is 10.9 Å². The number of unbranched alkanes of at least 4 members (excludes halogenated alkanes) is 1. The van der Waals surface area contributed by atoms with E-state index in [0.29, 0.717) is 12.2 Å². The molecule has 6 nitrogen and oxygen atoms in total. The van der Waals surface area contributed by atoms with E-state index in [1.165, 1.54) is 12.1 Å². The van der Waals surface area contributed by atoms with Gasteiger partial charge in [-0.15, -0.1) is 0 Å². The van der Waals surface area contributed by atoms with Crippen LogP contribution in [0.1, 0.15) is 37.0 Å². The van der Waals surface area contributed by atoms with Crippen LogP contribution in [0.4, 0.5) is 11.4 Å². The third-order valence-corrected chi connectivity index (χ3v) is 2.55. The van der Waals surface area contributed by atoms with E-state index in [-0.39, 0.29) is 17.9 Å². The maximum atomic E-state index is 11.5. The molecule has 0 saturated heterocycles. The first-order chi connectivity index (χ1) is 9.10. The fourth-order valence-corrected chi connectivity index (χ4v) is 1.57. The molecule has 0 aromatic heterocycles. The quantitative estimate of drug-likeness (QED) is 0.355. The molecule has 1 rings (SSSR count). The Balaban J connectivity index is 2.94. The predicted molar refractivity (Wildman–Crippen MR) is 72.5 cm³/mol. The molecule has 104 valence electrons. The molecule has 0 fully saturated rings. The minimum absolute atomic E-state index is 0.110. The van der Waals surface area contributed by atoms with Gasteiger partial charge in [0, 0.05) is 12.6 Å². The summed E-state index contributed by atoms with van der Waals surface area (Å²) in [6.45, 7) is 4.63. The van der Waals surface area contributed by atoms with Gasteiger partial charge in [0.25, 0.3) is 5.69 Å². The molecular weight excluding hydrogens is 248 g/mol. The first kappa shape index (κ1) is 14.9. The lowest BCUT2D eigenvalue weighted by Crippen LogP contribution is -2.08. The molecule has 0 aliphatic heterocycles. The van der Waals surface area contributed by atoms with Gasteiger partial charge in [0.2, 0.25) is 0 Å². The topological polar surface area (TPSA) is 81.5 Å². The van der Waals surface area contributed by atoms with Crippen molar-refractivity contribution in [2.75, 3.05) is 18.5 Å². The number of ether oxygens (including phenoxy) is 1. The average molecular weight is 266 g/mol. The van der Waals surface area contributed by atoms with Crippen LogP contribution in [-0.2, 0) is 4.74 Å². The Bertz CT molecular complexity index is 460. The third-order valence-electron chi connectivity index (χ3n) is 2.55. The van der Waals surface area contributed by atoms with Crippen molar-refractivity contribution in [2.45, 2.75) is 26.7 Å². The Morgan fingerprint density at radius 2 is 2.16 bits per heavy atom. The van der Waals surface area contributed by atoms with E-state index >= 15 is 0 Å². The van der Waals surface area contributed by atoms with Gasteiger partial charge in [-0.25, -0.2) is 4.79 Å². The SMILES string of the molecule is CCCCNc1ccc(C(=O)OCC)cc1[N+](=O)[O-]. The Morgan fingerprint density at radius 1 is 1.42 bits per heavy atom. The highest BCUT2D eigenvalue weighted by molar-refractivity contribution is 5.91. The number of nitrogens with one attached hydrogen (secondary N) is 1. The fraction of sp³-hybridized carbons (Fsp3) is 0.462. The summed E-state index contributed by atoms with van der Waals surface area (Å²) in [6, 6.07) is 4.31. The minimum atomic E-state index is -0.550. The van der Waals surface area contributed by atoms with Crippen LogP contribution in [0, 0.1) is 10.1 Å². The summed E-state index contributed by atoms with van der Waals surface area (Å²) in [5, 5.41) is 14.0. The molecule has 6 heteroatoms. The minimum Gasteiger partial charge on any atom is -0.462 e. The Kier molecular flexibility index (Phi) is 5.78. The van der Waals surface area contributed by atoms with Crippen molar-refractivity contribution in [1.82, 2.24) is 0 Å². The van der Waals surface area contributed by atoms with Gasteiger partial charge in [0.15, 0.2) is 0 Å². The van der Waals surface area contributed by atoms with Gasteiger partial charge in [0.05, 0.1) is 17.1 Å². The highest BCUT2D eigenvalue weighted by Crippen LogP contribution is 2.26. The largest absolute Gasteiger partial charge is 0.462 e. The van der Waals surface area contributed by atoms with E-state index in [4.69, 9.17) is 4.74 Å². The van der Waals surface area contributed by atoms with E-state index in [2.05, 4.69) is 5.32 Å². The zero-order chi connectivity index (χ0) is 14.3. The maximum absolute atomic E-state index is 11.5. The van der Waals surface area contributed by atoms with Gasteiger partial charge >= 0.3 is 5.97 Å². The zero-order valence-corrected chi connectivity index (χ0v) is 11.1. The highest BCUT2D eigenvalue weighted by Gasteiger charge is 2.17. The number of carbonyl (C=O) groups is 1. The molecule has 0 heterocycles. The Morgan fingerprint density at radius 3 is 2.74 bits per heavy atom. The first-order valence-electron chi connectivity index (χ1n) is 6.29. The van der Waals surface area contributed by atoms with Crippen LogP contribution >= 0.6 is 0 Å². The van der Waals surface area contributed by atoms with Crippen LogP contribution < -0.4 is 5.32 Å². The fourth-order valence-electron chi connectivity index (χ4n) is 1.57. The molecule has 1 aromatic rings. The lowest BCUT2D eigenvalue weighted by Gasteiger charge is -2.08. The molecule has 0 bridgehead atoms. The van der Waals surface area contributed by atoms with Crippen molar-refractivity contribution in [3.8, 4) is 0 Å². The smallest absolute Gasteiger partial charge is 0.338 e. The van der Waals surface area contributed by atoms with Crippen molar-refractivity contribution in [3.63, 3.8) is 0 Å². The second-order valence-corrected chi connectivity index (χ2v) is 3.99. The molecule has 0 unspecified atom stereocenters. The van der Waals surface area contributed by atoms with E-state index in [9.17, 15) is 14.9 Å². The molecular formula is C13H18N2O4. The molecule has 0 saturated carbocycles. The van der Waals surface area contributed by atoms with Crippen LogP contribution in [0.2, 0.25) is 0 Å². The number of hydrogen-bond donors (Lipinski definition) is 1. The molecule has 0 amide bonds. The van der Waals surface area contributed by atoms with Crippen LogP contribution in [0.25, 0.3) is 0 Å². The van der Waals surface area contributed by atoms with Gasteiger partial charge < -0.3 is 10.1 Å². The standard InChI is InChI=1S/C13H18N2O4/c1-3-5-8-14-11-7-6-10(13(16)19-4-2)9-12(11)15(17)18/h6-7,9,14H,3-5,8H2,1-2H3. The summed E-state index contributed by atoms with van der Waals surface area (Å²) in [6.07, 6.45) is 1.93. The lowest BCUT2D eigenvalue weighted by atomic mass is 10.1. The summed E-state index contributed by atoms with van der Waals surface area (Å²) in [5.74, 6) is -0.550. The number of esters is 1. The third kappa shape index (κ3) is 4.24. The average Bonchev–Trinajstić information content (AvgIpc) is 2.39. The number of hydrogen-bond acceptors (Lipinski definition) is 5. The molecule has 0 aliphatic carbocycles. The number of rotatable bonds is 7. The normalized spacial score (nSPS) is 10.0. The number of nitro groups is 1. The number of nitrogens with zero attached hydrogens (tertiary/aromatic N) is 1. The Hall–Kier alpha value is -2.11. The van der Waals surface area contributed by atoms with Crippen molar-refractivity contribution in [2.24, 2.45) is 0 Å². The summed E-state index contributed by atoms with van der Waals surface area (Å²) < 4.78 is 4.82. The van der Waals surface area contributed by atoms with Gasteiger partial charge in [-0.2, -0.15) is 0 Å². The second-order valence-electron chi connectivity index (χ2n) is 3.99. The molecule has 1 aromatic carbocycles. The van der Waals surface area contributed by atoms with E-state index in [1.54, 1.807) is 13.0 Å². The first-order valence-corrected chi connectivity index (χ1v) is 6.29. The Labute approximate surface area is 111 Å². The molecule has 1 N–H and O–H groups in total. The maximum Gasteiger partial charge on any atom is 0.338 e. The van der Waals surface area contributed by atoms with Crippen LogP contribution in [-0.4, -0.2) is 24.0 Å². The van der Waals surface area contributed by atoms with Gasteiger partial charge in [0.1, 0.15) is 5.69 Å². The molecule has 0 atom stereocenters. The predicted octanol–water partition coefficient (Wildman–Crippen LogP) is 2.98. The van der Waals surface area contributed by atoms with Gasteiger partial charge in [-0.05, 0) is 25.5 Å². The summed E-state index contributed by atoms with van der Waals surface area (Å²) in [7, 11) is 0. The van der Waals surface area contributed by atoms with Crippen molar-refractivity contribution in [1.29, 1.82) is 0 Å². The molecule has 0 aliphatic rings. The second kappa shape index (κ2) is 7.35. The molecule has 19 heavy (non-hydrogen) atoms. The molecule has 0 radical (unpaired) electrons. The summed E-state index contributed by atoms with van der Waals surface area (Å²) >= 11 is 0. The van der Waals surface area contributed by atoms with Crippen LogP contribution in [0.3, 0.4) is 0 Å². The van der Waals surface area contributed by atoms with Gasteiger partial charge in [-0.1, -0.05) is 13.3 Å². The zero-order valence-electron chi connectivity index (χ0n) is 11.1. The number of anilines is 1. The summed E-state index contributed by atoms with van der Waals surface area (Å²) in [5.41, 5.74) is 0.503. The monoisotopic (exact) mass is 266 g/mol. The number of carbonyl (C=O) groups excluding carboxylic acids is 1. The number of nitro benzene ring substituents is 1. The van der Waals surface area contributed by atoms with Crippen molar-refractivity contribution >= 4 is 17.3 Å². The van der Waals surface area contributed by atoms with Crippen molar-refractivity contribution in [3.05, 3.63) is 33.9 Å². The van der Waals surface area contributed by atoms with Crippen LogP contribution in [0.5, 0.6) is 0 Å². The van der Waals surface area contributed by atoms with E-state index in [1.807, 2.05) is 6.92 Å². The number of benzene rings is 1. The van der Waals surface area contributed by atoms with Crippen LogP contribution in [0.15, 0.2) is 18.2 Å². The molecule has 0 spiro atoms. The highest BCUT2D eigenvalue weighted by atomic mass is 16.6. The van der Waals surface area contributed by atoms with E-state index in [0.717, 1.165) is 12.8 Å².